The molecule has 1 fully saturated rings. The van der Waals surface area contributed by atoms with Gasteiger partial charge in [0, 0.05) is 36.9 Å². The van der Waals surface area contributed by atoms with Gasteiger partial charge in [0.15, 0.2) is 5.76 Å². The molecular formula is C23H23ClN2O3. The molecule has 0 aliphatic carbocycles. The van der Waals surface area contributed by atoms with Crippen LogP contribution in [0.25, 0.3) is 0 Å². The summed E-state index contributed by atoms with van der Waals surface area (Å²) in [6.07, 6.45) is 0. The van der Waals surface area contributed by atoms with Gasteiger partial charge in [0.05, 0.1) is 0 Å². The lowest BCUT2D eigenvalue weighted by atomic mass is 10.2. The molecule has 1 aliphatic rings. The first kappa shape index (κ1) is 19.4. The SMILES string of the molecule is Cc1cccc(OCc2ccc(C(=O)N3CCN(c4ccc(Cl)cc4)CC3)o2)c1. The van der Waals surface area contributed by atoms with Crippen LogP contribution in [-0.2, 0) is 6.61 Å². The van der Waals surface area contributed by atoms with E-state index in [4.69, 9.17) is 20.8 Å². The van der Waals surface area contributed by atoms with E-state index in [9.17, 15) is 4.79 Å². The van der Waals surface area contributed by atoms with Gasteiger partial charge in [-0.1, -0.05) is 23.7 Å². The summed E-state index contributed by atoms with van der Waals surface area (Å²) >= 11 is 5.96. The number of ether oxygens (including phenoxy) is 1. The number of halogens is 1. The number of carbonyl (C=O) groups is 1. The van der Waals surface area contributed by atoms with Crippen LogP contribution in [0.4, 0.5) is 5.69 Å². The van der Waals surface area contributed by atoms with Gasteiger partial charge in [-0.3, -0.25) is 4.79 Å². The van der Waals surface area contributed by atoms with E-state index >= 15 is 0 Å². The van der Waals surface area contributed by atoms with Gasteiger partial charge in [0.2, 0.25) is 0 Å². The van der Waals surface area contributed by atoms with Crippen molar-refractivity contribution in [2.75, 3.05) is 31.1 Å². The lowest BCUT2D eigenvalue weighted by Gasteiger charge is -2.35. The molecule has 150 valence electrons. The summed E-state index contributed by atoms with van der Waals surface area (Å²) in [5.74, 6) is 1.69. The van der Waals surface area contributed by atoms with Crippen molar-refractivity contribution < 1.29 is 13.9 Å². The summed E-state index contributed by atoms with van der Waals surface area (Å²) in [7, 11) is 0. The van der Waals surface area contributed by atoms with Gasteiger partial charge in [0.1, 0.15) is 18.1 Å². The lowest BCUT2D eigenvalue weighted by Crippen LogP contribution is -2.48. The molecule has 0 radical (unpaired) electrons. The molecule has 6 heteroatoms. The van der Waals surface area contributed by atoms with E-state index in [1.54, 1.807) is 12.1 Å². The highest BCUT2D eigenvalue weighted by Gasteiger charge is 2.24. The third-order valence-electron chi connectivity index (χ3n) is 5.00. The van der Waals surface area contributed by atoms with Crippen LogP contribution < -0.4 is 9.64 Å². The number of aryl methyl sites for hydroxylation is 1. The topological polar surface area (TPSA) is 45.9 Å². The molecular weight excluding hydrogens is 388 g/mol. The Balaban J connectivity index is 1.31. The van der Waals surface area contributed by atoms with Crippen LogP contribution in [0, 0.1) is 6.92 Å². The molecule has 29 heavy (non-hydrogen) atoms. The second-order valence-corrected chi connectivity index (χ2v) is 7.56. The Bertz CT molecular complexity index is 976. The zero-order chi connectivity index (χ0) is 20.2. The number of piperazine rings is 1. The maximum absolute atomic E-state index is 12.8. The molecule has 0 bridgehead atoms. The molecule has 0 spiro atoms. The minimum Gasteiger partial charge on any atom is -0.486 e. The average molecular weight is 411 g/mol. The molecule has 1 saturated heterocycles. The fourth-order valence-electron chi connectivity index (χ4n) is 3.41. The Morgan fingerprint density at radius 3 is 2.52 bits per heavy atom. The van der Waals surface area contributed by atoms with E-state index in [2.05, 4.69) is 4.90 Å². The van der Waals surface area contributed by atoms with Crippen molar-refractivity contribution >= 4 is 23.2 Å². The summed E-state index contributed by atoms with van der Waals surface area (Å²) in [6.45, 7) is 5.16. The summed E-state index contributed by atoms with van der Waals surface area (Å²) in [5.41, 5.74) is 2.26. The molecule has 4 rings (SSSR count). The largest absolute Gasteiger partial charge is 0.486 e. The van der Waals surface area contributed by atoms with Crippen molar-refractivity contribution in [2.45, 2.75) is 13.5 Å². The van der Waals surface area contributed by atoms with Crippen molar-refractivity contribution in [3.63, 3.8) is 0 Å². The number of hydrogen-bond acceptors (Lipinski definition) is 4. The van der Waals surface area contributed by atoms with Crippen LogP contribution in [0.15, 0.2) is 65.1 Å². The van der Waals surface area contributed by atoms with E-state index in [1.165, 1.54) is 0 Å². The quantitative estimate of drug-likeness (QED) is 0.607. The minimum absolute atomic E-state index is 0.0810. The van der Waals surface area contributed by atoms with Crippen LogP contribution in [0.1, 0.15) is 21.9 Å². The molecule has 2 aromatic carbocycles. The first-order valence-corrected chi connectivity index (χ1v) is 10.0. The maximum atomic E-state index is 12.8. The Labute approximate surface area is 175 Å². The zero-order valence-corrected chi connectivity index (χ0v) is 17.1. The molecule has 5 nitrogen and oxygen atoms in total. The summed E-state index contributed by atoms with van der Waals surface area (Å²) < 4.78 is 11.5. The van der Waals surface area contributed by atoms with Gasteiger partial charge in [-0.2, -0.15) is 0 Å². The Hall–Kier alpha value is -2.92. The molecule has 0 atom stereocenters. The first-order valence-electron chi connectivity index (χ1n) is 9.66. The molecule has 1 aromatic heterocycles. The number of hydrogen-bond donors (Lipinski definition) is 0. The monoisotopic (exact) mass is 410 g/mol. The smallest absolute Gasteiger partial charge is 0.289 e. The van der Waals surface area contributed by atoms with E-state index in [0.717, 1.165) is 35.1 Å². The van der Waals surface area contributed by atoms with Gasteiger partial charge in [-0.05, 0) is 61.0 Å². The second kappa shape index (κ2) is 8.62. The second-order valence-electron chi connectivity index (χ2n) is 7.13. The van der Waals surface area contributed by atoms with E-state index in [-0.39, 0.29) is 5.91 Å². The first-order chi connectivity index (χ1) is 14.1. The van der Waals surface area contributed by atoms with E-state index in [0.29, 0.717) is 31.2 Å². The van der Waals surface area contributed by atoms with Crippen molar-refractivity contribution in [2.24, 2.45) is 0 Å². The molecule has 0 saturated carbocycles. The van der Waals surface area contributed by atoms with Gasteiger partial charge >= 0.3 is 0 Å². The standard InChI is InChI=1S/C23H23ClN2O3/c1-17-3-2-4-20(15-17)28-16-21-9-10-22(29-21)23(27)26-13-11-25(12-14-26)19-7-5-18(24)6-8-19/h2-10,15H,11-14,16H2,1H3. The molecule has 2 heterocycles. The summed E-state index contributed by atoms with van der Waals surface area (Å²) in [6, 6.07) is 19.1. The summed E-state index contributed by atoms with van der Waals surface area (Å²) in [4.78, 5) is 16.9. The van der Waals surface area contributed by atoms with E-state index in [1.807, 2.05) is 60.4 Å². The van der Waals surface area contributed by atoms with Crippen molar-refractivity contribution in [3.8, 4) is 5.75 Å². The third-order valence-corrected chi connectivity index (χ3v) is 5.25. The normalized spacial score (nSPS) is 14.1. The number of amides is 1. The van der Waals surface area contributed by atoms with Gasteiger partial charge in [0.25, 0.3) is 5.91 Å². The minimum atomic E-state index is -0.0810. The molecule has 0 unspecified atom stereocenters. The van der Waals surface area contributed by atoms with Crippen molar-refractivity contribution in [1.29, 1.82) is 0 Å². The lowest BCUT2D eigenvalue weighted by molar-refractivity contribution is 0.0710. The number of benzene rings is 2. The van der Waals surface area contributed by atoms with Crippen LogP contribution in [0.3, 0.4) is 0 Å². The molecule has 1 aliphatic heterocycles. The molecule has 1 amide bonds. The van der Waals surface area contributed by atoms with Gasteiger partial charge in [-0.15, -0.1) is 0 Å². The van der Waals surface area contributed by atoms with Crippen LogP contribution in [-0.4, -0.2) is 37.0 Å². The Kier molecular flexibility index (Phi) is 5.76. The average Bonchev–Trinajstić information content (AvgIpc) is 3.22. The zero-order valence-electron chi connectivity index (χ0n) is 16.3. The van der Waals surface area contributed by atoms with Crippen LogP contribution in [0.2, 0.25) is 5.02 Å². The number of carbonyl (C=O) groups excluding carboxylic acids is 1. The Morgan fingerprint density at radius 1 is 1.03 bits per heavy atom. The van der Waals surface area contributed by atoms with Gasteiger partial charge in [-0.25, -0.2) is 0 Å². The highest BCUT2D eigenvalue weighted by Crippen LogP contribution is 2.21. The number of furan rings is 1. The van der Waals surface area contributed by atoms with E-state index < -0.39 is 0 Å². The maximum Gasteiger partial charge on any atom is 0.289 e. The number of nitrogens with zero attached hydrogens (tertiary/aromatic N) is 2. The Morgan fingerprint density at radius 2 is 1.79 bits per heavy atom. The van der Waals surface area contributed by atoms with Crippen LogP contribution in [0.5, 0.6) is 5.75 Å². The fourth-order valence-corrected chi connectivity index (χ4v) is 3.53. The predicted octanol–water partition coefficient (Wildman–Crippen LogP) is 4.78. The molecule has 3 aromatic rings. The van der Waals surface area contributed by atoms with Crippen molar-refractivity contribution in [3.05, 3.63) is 82.8 Å². The van der Waals surface area contributed by atoms with Gasteiger partial charge < -0.3 is 19.0 Å². The number of rotatable bonds is 5. The van der Waals surface area contributed by atoms with Crippen molar-refractivity contribution in [1.82, 2.24) is 4.90 Å². The van der Waals surface area contributed by atoms with Crippen LogP contribution >= 0.6 is 11.6 Å². The summed E-state index contributed by atoms with van der Waals surface area (Å²) in [5, 5.41) is 0.725. The predicted molar refractivity (Wildman–Crippen MR) is 114 cm³/mol. The molecule has 0 N–H and O–H groups in total. The fraction of sp³-hybridized carbons (Fsp3) is 0.261. The third kappa shape index (κ3) is 4.74. The highest BCUT2D eigenvalue weighted by atomic mass is 35.5. The number of anilines is 1. The highest BCUT2D eigenvalue weighted by molar-refractivity contribution is 6.30.